The molecule has 0 aliphatic carbocycles. The zero-order valence-electron chi connectivity index (χ0n) is 13.2. The first-order chi connectivity index (χ1) is 11.2. The second-order valence-corrected chi connectivity index (χ2v) is 5.34. The first-order valence-electron chi connectivity index (χ1n) is 7.49. The number of hydrogen-bond acceptors (Lipinski definition) is 4. The summed E-state index contributed by atoms with van der Waals surface area (Å²) in [5.41, 5.74) is 2.58. The van der Waals surface area contributed by atoms with E-state index in [0.717, 1.165) is 11.3 Å². The Bertz CT molecular complexity index is 701. The second-order valence-electron chi connectivity index (χ2n) is 5.34. The fraction of sp³-hybridized carbons (Fsp3) is 0.222. The zero-order chi connectivity index (χ0) is 16.2. The van der Waals surface area contributed by atoms with Gasteiger partial charge in [-0.1, -0.05) is 48.5 Å². The van der Waals surface area contributed by atoms with Crippen molar-refractivity contribution in [3.8, 4) is 0 Å². The molecule has 0 saturated heterocycles. The van der Waals surface area contributed by atoms with Crippen molar-refractivity contribution in [3.63, 3.8) is 0 Å². The summed E-state index contributed by atoms with van der Waals surface area (Å²) >= 11 is 0. The molecular weight excluding hydrogens is 290 g/mol. The van der Waals surface area contributed by atoms with Crippen LogP contribution in [0.15, 0.2) is 65.8 Å². The molecule has 23 heavy (non-hydrogen) atoms. The Balaban J connectivity index is 1.96. The molecule has 3 rings (SSSR count). The van der Waals surface area contributed by atoms with Gasteiger partial charge in [-0.05, 0) is 17.7 Å². The summed E-state index contributed by atoms with van der Waals surface area (Å²) in [4.78, 5) is 17.4. The summed E-state index contributed by atoms with van der Waals surface area (Å²) in [6, 6.07) is 20.0. The van der Waals surface area contributed by atoms with Gasteiger partial charge in [-0.15, -0.1) is 0 Å². The number of hydroxylamine groups is 2. The third kappa shape index (κ3) is 3.10. The van der Waals surface area contributed by atoms with Crippen LogP contribution in [0.25, 0.3) is 0 Å². The SMILES string of the molecule is CON(C)C(=O)C1=NN(c2ccccc2)[C@H](c2ccccc2)C1. The van der Waals surface area contributed by atoms with Gasteiger partial charge in [0, 0.05) is 13.5 Å². The molecule has 0 unspecified atom stereocenters. The number of benzene rings is 2. The van der Waals surface area contributed by atoms with E-state index in [2.05, 4.69) is 17.2 Å². The molecule has 1 atom stereocenters. The van der Waals surface area contributed by atoms with E-state index >= 15 is 0 Å². The van der Waals surface area contributed by atoms with Crippen LogP contribution >= 0.6 is 0 Å². The second kappa shape index (κ2) is 6.62. The van der Waals surface area contributed by atoms with E-state index in [9.17, 15) is 4.79 Å². The fourth-order valence-electron chi connectivity index (χ4n) is 2.66. The van der Waals surface area contributed by atoms with E-state index < -0.39 is 0 Å². The van der Waals surface area contributed by atoms with Crippen molar-refractivity contribution in [2.75, 3.05) is 19.2 Å². The van der Waals surface area contributed by atoms with E-state index in [4.69, 9.17) is 4.84 Å². The van der Waals surface area contributed by atoms with Crippen molar-refractivity contribution < 1.29 is 9.63 Å². The Labute approximate surface area is 135 Å². The number of anilines is 1. The van der Waals surface area contributed by atoms with Crippen LogP contribution in [0.2, 0.25) is 0 Å². The molecule has 5 heteroatoms. The highest BCUT2D eigenvalue weighted by Crippen LogP contribution is 2.35. The molecule has 1 aliphatic rings. The van der Waals surface area contributed by atoms with Gasteiger partial charge in [0.05, 0.1) is 18.8 Å². The maximum Gasteiger partial charge on any atom is 0.293 e. The maximum atomic E-state index is 12.4. The lowest BCUT2D eigenvalue weighted by Crippen LogP contribution is -2.31. The number of rotatable bonds is 4. The average Bonchev–Trinajstić information content (AvgIpc) is 3.07. The van der Waals surface area contributed by atoms with Crippen molar-refractivity contribution in [1.29, 1.82) is 0 Å². The first kappa shape index (κ1) is 15.2. The lowest BCUT2D eigenvalue weighted by molar-refractivity contribution is -0.160. The van der Waals surface area contributed by atoms with E-state index in [1.165, 1.54) is 12.2 Å². The van der Waals surface area contributed by atoms with E-state index in [-0.39, 0.29) is 11.9 Å². The van der Waals surface area contributed by atoms with Gasteiger partial charge in [-0.2, -0.15) is 5.10 Å². The monoisotopic (exact) mass is 309 g/mol. The van der Waals surface area contributed by atoms with Crippen LogP contribution in [0.3, 0.4) is 0 Å². The summed E-state index contributed by atoms with van der Waals surface area (Å²) in [5.74, 6) is -0.216. The third-order valence-corrected chi connectivity index (χ3v) is 3.92. The van der Waals surface area contributed by atoms with Crippen molar-refractivity contribution >= 4 is 17.3 Å². The molecule has 1 heterocycles. The van der Waals surface area contributed by atoms with Crippen LogP contribution in [0.1, 0.15) is 18.0 Å². The summed E-state index contributed by atoms with van der Waals surface area (Å²) in [6.07, 6.45) is 0.547. The summed E-state index contributed by atoms with van der Waals surface area (Å²) in [7, 11) is 3.06. The molecule has 0 radical (unpaired) electrons. The Hall–Kier alpha value is -2.66. The van der Waals surface area contributed by atoms with Crippen LogP contribution < -0.4 is 5.01 Å². The lowest BCUT2D eigenvalue weighted by Gasteiger charge is -2.23. The van der Waals surface area contributed by atoms with Crippen molar-refractivity contribution in [1.82, 2.24) is 5.06 Å². The van der Waals surface area contributed by atoms with Gasteiger partial charge in [-0.25, -0.2) is 5.06 Å². The summed E-state index contributed by atoms with van der Waals surface area (Å²) in [6.45, 7) is 0. The standard InChI is InChI=1S/C18H19N3O2/c1-20(23-2)18(22)16-13-17(14-9-5-3-6-10-14)21(19-16)15-11-7-4-8-12-15/h3-12,17H,13H2,1-2H3/t17-/m0/s1. The quantitative estimate of drug-likeness (QED) is 0.816. The molecule has 0 saturated carbocycles. The average molecular weight is 309 g/mol. The molecule has 0 fully saturated rings. The number of carbonyl (C=O) groups is 1. The van der Waals surface area contributed by atoms with Crippen LogP contribution in [-0.4, -0.2) is 30.8 Å². The first-order valence-corrected chi connectivity index (χ1v) is 7.49. The molecule has 0 aromatic heterocycles. The number of nitrogens with zero attached hydrogens (tertiary/aromatic N) is 3. The Morgan fingerprint density at radius 1 is 1.13 bits per heavy atom. The number of hydrazone groups is 1. The number of amides is 1. The molecule has 0 bridgehead atoms. The Morgan fingerprint density at radius 2 is 1.74 bits per heavy atom. The number of hydrogen-bond donors (Lipinski definition) is 0. The number of carbonyl (C=O) groups excluding carboxylic acids is 1. The minimum atomic E-state index is -0.216. The third-order valence-electron chi connectivity index (χ3n) is 3.92. The normalized spacial score (nSPS) is 17.0. The van der Waals surface area contributed by atoms with Gasteiger partial charge in [0.2, 0.25) is 0 Å². The molecule has 0 spiro atoms. The highest BCUT2D eigenvalue weighted by atomic mass is 16.7. The largest absolute Gasteiger partial charge is 0.293 e. The van der Waals surface area contributed by atoms with E-state index in [1.807, 2.05) is 53.5 Å². The van der Waals surface area contributed by atoms with Gasteiger partial charge in [0.25, 0.3) is 5.91 Å². The van der Waals surface area contributed by atoms with Crippen molar-refractivity contribution in [2.24, 2.45) is 5.10 Å². The topological polar surface area (TPSA) is 45.1 Å². The number of para-hydroxylation sites is 1. The van der Waals surface area contributed by atoms with Crippen LogP contribution in [0.4, 0.5) is 5.69 Å². The fourth-order valence-corrected chi connectivity index (χ4v) is 2.66. The molecule has 5 nitrogen and oxygen atoms in total. The Morgan fingerprint density at radius 3 is 2.35 bits per heavy atom. The summed E-state index contributed by atoms with van der Waals surface area (Å²) < 4.78 is 0. The molecule has 2 aromatic rings. The van der Waals surface area contributed by atoms with Gasteiger partial charge in [-0.3, -0.25) is 14.6 Å². The van der Waals surface area contributed by atoms with E-state index in [0.29, 0.717) is 12.1 Å². The predicted octanol–water partition coefficient (Wildman–Crippen LogP) is 3.01. The van der Waals surface area contributed by atoms with Crippen molar-refractivity contribution in [2.45, 2.75) is 12.5 Å². The highest BCUT2D eigenvalue weighted by molar-refractivity contribution is 6.39. The maximum absolute atomic E-state index is 12.4. The molecule has 1 amide bonds. The van der Waals surface area contributed by atoms with Gasteiger partial charge in [0.1, 0.15) is 5.71 Å². The molecule has 1 aliphatic heterocycles. The van der Waals surface area contributed by atoms with Crippen LogP contribution in [0, 0.1) is 0 Å². The van der Waals surface area contributed by atoms with Crippen molar-refractivity contribution in [3.05, 3.63) is 66.2 Å². The molecule has 2 aromatic carbocycles. The smallest absolute Gasteiger partial charge is 0.274 e. The van der Waals surface area contributed by atoms with Gasteiger partial charge >= 0.3 is 0 Å². The summed E-state index contributed by atoms with van der Waals surface area (Å²) in [5, 5.41) is 7.68. The molecular formula is C18H19N3O2. The predicted molar refractivity (Wildman–Crippen MR) is 89.9 cm³/mol. The minimum absolute atomic E-state index is 0.00260. The lowest BCUT2D eigenvalue weighted by atomic mass is 10.0. The van der Waals surface area contributed by atoms with Gasteiger partial charge < -0.3 is 0 Å². The van der Waals surface area contributed by atoms with E-state index in [1.54, 1.807) is 7.05 Å². The van der Waals surface area contributed by atoms with Gasteiger partial charge in [0.15, 0.2) is 0 Å². The molecule has 0 N–H and O–H groups in total. The minimum Gasteiger partial charge on any atom is -0.274 e. The van der Waals surface area contributed by atoms with Crippen LogP contribution in [0.5, 0.6) is 0 Å². The highest BCUT2D eigenvalue weighted by Gasteiger charge is 2.33. The Kier molecular flexibility index (Phi) is 4.39. The van der Waals surface area contributed by atoms with Crippen LogP contribution in [-0.2, 0) is 9.63 Å². The molecule has 118 valence electrons. The zero-order valence-corrected chi connectivity index (χ0v) is 13.2.